The Labute approximate surface area is 140 Å². The van der Waals surface area contributed by atoms with Crippen molar-refractivity contribution >= 4 is 16.5 Å². The maximum Gasteiger partial charge on any atom is 0.116 e. The van der Waals surface area contributed by atoms with E-state index < -0.39 is 16.5 Å². The molecule has 0 atom stereocenters. The van der Waals surface area contributed by atoms with Gasteiger partial charge in [-0.05, 0) is 38.8 Å². The van der Waals surface area contributed by atoms with E-state index in [4.69, 9.17) is 9.47 Å². The zero-order valence-corrected chi connectivity index (χ0v) is 17.9. The van der Waals surface area contributed by atoms with E-state index in [1.54, 1.807) is 0 Å². The van der Waals surface area contributed by atoms with Gasteiger partial charge in [0, 0.05) is 26.4 Å². The highest BCUT2D eigenvalue weighted by Gasteiger charge is 2.11. The molecule has 22 heavy (non-hydrogen) atoms. The molecule has 0 aromatic carbocycles. The molecule has 0 saturated carbocycles. The summed E-state index contributed by atoms with van der Waals surface area (Å²) >= 11 is 0. The van der Waals surface area contributed by atoms with Crippen LogP contribution in [0.15, 0.2) is 0 Å². The van der Waals surface area contributed by atoms with E-state index in [0.29, 0.717) is 0 Å². The van der Waals surface area contributed by atoms with Crippen LogP contribution in [0.3, 0.4) is 0 Å². The van der Waals surface area contributed by atoms with Gasteiger partial charge >= 0.3 is 0 Å². The second-order valence-corrected chi connectivity index (χ2v) is 17.7. The van der Waals surface area contributed by atoms with Gasteiger partial charge in [-0.2, -0.15) is 0 Å². The third-order valence-electron chi connectivity index (χ3n) is 3.07. The van der Waals surface area contributed by atoms with Crippen LogP contribution in [0.5, 0.6) is 0 Å². The third kappa shape index (κ3) is 20.3. The SMILES string of the molecule is C[Si](C)(C)NCCCOCCCCOCCCN[Si](C)(C)C. The van der Waals surface area contributed by atoms with Crippen LogP contribution in [0.1, 0.15) is 25.7 Å². The van der Waals surface area contributed by atoms with Gasteiger partial charge in [0.05, 0.1) is 0 Å². The summed E-state index contributed by atoms with van der Waals surface area (Å²) in [5.74, 6) is 0. The Balaban J connectivity index is 3.09. The molecule has 0 heterocycles. The topological polar surface area (TPSA) is 42.5 Å². The van der Waals surface area contributed by atoms with Gasteiger partial charge in [-0.3, -0.25) is 0 Å². The van der Waals surface area contributed by atoms with Crippen molar-refractivity contribution in [1.82, 2.24) is 9.96 Å². The Hall–Kier alpha value is 0.274. The van der Waals surface area contributed by atoms with Crippen LogP contribution in [0, 0.1) is 0 Å². The van der Waals surface area contributed by atoms with Crippen molar-refractivity contribution in [1.29, 1.82) is 0 Å². The van der Waals surface area contributed by atoms with Gasteiger partial charge in [-0.25, -0.2) is 0 Å². The van der Waals surface area contributed by atoms with Crippen LogP contribution in [0.4, 0.5) is 0 Å². The van der Waals surface area contributed by atoms with E-state index in [1.165, 1.54) is 0 Å². The van der Waals surface area contributed by atoms with Gasteiger partial charge in [-0.15, -0.1) is 0 Å². The molecule has 0 unspecified atom stereocenters. The molecule has 0 aromatic heterocycles. The Morgan fingerprint density at radius 2 is 0.864 bits per heavy atom. The van der Waals surface area contributed by atoms with Crippen molar-refractivity contribution in [2.75, 3.05) is 39.5 Å². The van der Waals surface area contributed by atoms with Crippen molar-refractivity contribution in [2.24, 2.45) is 0 Å². The van der Waals surface area contributed by atoms with Crippen LogP contribution in [-0.2, 0) is 9.47 Å². The van der Waals surface area contributed by atoms with Gasteiger partial charge < -0.3 is 19.4 Å². The average Bonchev–Trinajstić information content (AvgIpc) is 2.36. The van der Waals surface area contributed by atoms with Crippen molar-refractivity contribution in [3.8, 4) is 0 Å². The predicted octanol–water partition coefficient (Wildman–Crippen LogP) is 3.43. The zero-order chi connectivity index (χ0) is 16.9. The second kappa shape index (κ2) is 12.7. The van der Waals surface area contributed by atoms with Gasteiger partial charge in [-0.1, -0.05) is 39.3 Å². The summed E-state index contributed by atoms with van der Waals surface area (Å²) in [6.07, 6.45) is 4.44. The molecule has 0 fully saturated rings. The largest absolute Gasteiger partial charge is 0.381 e. The molecule has 0 amide bonds. The summed E-state index contributed by atoms with van der Waals surface area (Å²) in [7, 11) is -2.18. The first-order valence-corrected chi connectivity index (χ1v) is 15.9. The lowest BCUT2D eigenvalue weighted by Gasteiger charge is -2.17. The van der Waals surface area contributed by atoms with E-state index in [9.17, 15) is 0 Å². The van der Waals surface area contributed by atoms with Gasteiger partial charge in [0.1, 0.15) is 16.5 Å². The van der Waals surface area contributed by atoms with Crippen molar-refractivity contribution in [3.63, 3.8) is 0 Å². The number of hydrogen-bond donors (Lipinski definition) is 2. The molecule has 4 nitrogen and oxygen atoms in total. The minimum absolute atomic E-state index is 0.869. The summed E-state index contributed by atoms with van der Waals surface area (Å²) in [6.45, 7) is 19.6. The van der Waals surface area contributed by atoms with Gasteiger partial charge in [0.15, 0.2) is 0 Å². The standard InChI is InChI=1S/C16H40N2O2Si2/c1-21(2,3)17-11-9-15-19-13-7-8-14-20-16-10-12-18-22(4,5)6/h17-18H,7-16H2,1-6H3. The summed E-state index contributed by atoms with van der Waals surface area (Å²) in [5.41, 5.74) is 0. The molecule has 0 aliphatic rings. The van der Waals surface area contributed by atoms with E-state index >= 15 is 0 Å². The number of unbranched alkanes of at least 4 members (excludes halogenated alkanes) is 1. The summed E-state index contributed by atoms with van der Waals surface area (Å²) in [5, 5.41) is 0. The summed E-state index contributed by atoms with van der Waals surface area (Å²) < 4.78 is 11.3. The Kier molecular flexibility index (Phi) is 12.8. The molecule has 0 bridgehead atoms. The molecule has 0 radical (unpaired) electrons. The smallest absolute Gasteiger partial charge is 0.116 e. The molecular formula is C16H40N2O2Si2. The summed E-state index contributed by atoms with van der Waals surface area (Å²) in [6, 6.07) is 0. The van der Waals surface area contributed by atoms with Crippen molar-refractivity contribution in [2.45, 2.75) is 65.0 Å². The molecule has 0 aromatic rings. The Morgan fingerprint density at radius 3 is 1.18 bits per heavy atom. The van der Waals surface area contributed by atoms with Crippen LogP contribution >= 0.6 is 0 Å². The summed E-state index contributed by atoms with van der Waals surface area (Å²) in [4.78, 5) is 7.21. The quantitative estimate of drug-likeness (QED) is 0.351. The lowest BCUT2D eigenvalue weighted by atomic mass is 10.3. The zero-order valence-electron chi connectivity index (χ0n) is 15.9. The molecule has 0 aliphatic carbocycles. The first-order chi connectivity index (χ1) is 10.2. The molecule has 6 heteroatoms. The molecule has 2 N–H and O–H groups in total. The highest BCUT2D eigenvalue weighted by Crippen LogP contribution is 1.97. The van der Waals surface area contributed by atoms with Crippen LogP contribution in [0.25, 0.3) is 0 Å². The fourth-order valence-electron chi connectivity index (χ4n) is 1.89. The maximum absolute atomic E-state index is 5.65. The van der Waals surface area contributed by atoms with Gasteiger partial charge in [0.2, 0.25) is 0 Å². The maximum atomic E-state index is 5.65. The molecule has 0 saturated heterocycles. The lowest BCUT2D eigenvalue weighted by Crippen LogP contribution is -2.41. The normalized spacial score (nSPS) is 12.8. The monoisotopic (exact) mass is 348 g/mol. The number of rotatable bonds is 15. The third-order valence-corrected chi connectivity index (χ3v) is 5.69. The Morgan fingerprint density at radius 1 is 0.545 bits per heavy atom. The minimum Gasteiger partial charge on any atom is -0.381 e. The van der Waals surface area contributed by atoms with Crippen molar-refractivity contribution < 1.29 is 9.47 Å². The van der Waals surface area contributed by atoms with E-state index in [0.717, 1.165) is 65.2 Å². The fourth-order valence-corrected chi connectivity index (χ4v) is 3.74. The molecule has 0 spiro atoms. The predicted molar refractivity (Wildman–Crippen MR) is 103 cm³/mol. The van der Waals surface area contributed by atoms with E-state index in [2.05, 4.69) is 49.2 Å². The molecular weight excluding hydrogens is 308 g/mol. The van der Waals surface area contributed by atoms with Crippen molar-refractivity contribution in [3.05, 3.63) is 0 Å². The Bertz CT molecular complexity index is 228. The number of hydrogen-bond acceptors (Lipinski definition) is 4. The van der Waals surface area contributed by atoms with Crippen LogP contribution in [-0.4, -0.2) is 56.0 Å². The molecule has 0 rings (SSSR count). The first-order valence-electron chi connectivity index (χ1n) is 8.86. The van der Waals surface area contributed by atoms with Crippen LogP contribution in [0.2, 0.25) is 39.3 Å². The number of ether oxygens (including phenoxy) is 2. The van der Waals surface area contributed by atoms with Crippen LogP contribution < -0.4 is 9.96 Å². The average molecular weight is 349 g/mol. The number of nitrogens with one attached hydrogen (secondary N) is 2. The van der Waals surface area contributed by atoms with E-state index in [1.807, 2.05) is 0 Å². The highest BCUT2D eigenvalue weighted by atomic mass is 28.3. The van der Waals surface area contributed by atoms with Gasteiger partial charge in [0.25, 0.3) is 0 Å². The lowest BCUT2D eigenvalue weighted by molar-refractivity contribution is 0.101. The first kappa shape index (κ1) is 22.3. The molecule has 0 aliphatic heterocycles. The molecule has 134 valence electrons. The fraction of sp³-hybridized carbons (Fsp3) is 1.00. The highest BCUT2D eigenvalue weighted by molar-refractivity contribution is 6.73. The van der Waals surface area contributed by atoms with E-state index in [-0.39, 0.29) is 0 Å². The second-order valence-electron chi connectivity index (χ2n) is 7.99. The minimum atomic E-state index is -1.09.